The Labute approximate surface area is 200 Å². The van der Waals surface area contributed by atoms with E-state index in [1.807, 2.05) is 24.3 Å². The highest BCUT2D eigenvalue weighted by molar-refractivity contribution is 5.81. The number of rotatable bonds is 6. The van der Waals surface area contributed by atoms with Gasteiger partial charge in [0.1, 0.15) is 6.61 Å². The number of fused-ring (bicyclic) bond motifs is 3. The fourth-order valence-electron chi connectivity index (χ4n) is 5.26. The number of nitrogens with zero attached hydrogens (tertiary/aromatic N) is 1. The lowest BCUT2D eigenvalue weighted by molar-refractivity contribution is -0.149. The smallest absolute Gasteiger partial charge is 0.407 e. The van der Waals surface area contributed by atoms with Crippen molar-refractivity contribution in [2.24, 2.45) is 5.92 Å². The molecule has 0 radical (unpaired) electrons. The van der Waals surface area contributed by atoms with Crippen LogP contribution >= 0.6 is 0 Å². The molecule has 180 valence electrons. The Kier molecular flexibility index (Phi) is 6.64. The van der Waals surface area contributed by atoms with E-state index >= 15 is 0 Å². The number of carboxylic acid groups (broad SMARTS) is 1. The average Bonchev–Trinajstić information content (AvgIpc) is 3.10. The van der Waals surface area contributed by atoms with Gasteiger partial charge in [0, 0.05) is 30.5 Å². The van der Waals surface area contributed by atoms with E-state index in [0.29, 0.717) is 19.4 Å². The van der Waals surface area contributed by atoms with Crippen molar-refractivity contribution in [3.05, 3.63) is 59.7 Å². The summed E-state index contributed by atoms with van der Waals surface area (Å²) in [6.07, 6.45) is 0.720. The van der Waals surface area contributed by atoms with Gasteiger partial charge in [-0.15, -0.1) is 0 Å². The largest absolute Gasteiger partial charge is 0.481 e. The average molecular weight is 465 g/mol. The molecule has 2 unspecified atom stereocenters. The van der Waals surface area contributed by atoms with Crippen LogP contribution in [0.1, 0.15) is 57.1 Å². The second kappa shape index (κ2) is 9.49. The number of benzene rings is 2. The summed E-state index contributed by atoms with van der Waals surface area (Å²) in [6.45, 7) is 6.06. The first kappa shape index (κ1) is 23.8. The maximum absolute atomic E-state index is 13.0. The van der Waals surface area contributed by atoms with E-state index in [1.54, 1.807) is 25.7 Å². The molecule has 1 fully saturated rings. The molecule has 7 heteroatoms. The van der Waals surface area contributed by atoms with Crippen LogP contribution in [-0.2, 0) is 14.3 Å². The zero-order valence-corrected chi connectivity index (χ0v) is 19.9. The molecule has 2 aromatic rings. The first-order valence-corrected chi connectivity index (χ1v) is 11.8. The Balaban J connectivity index is 1.36. The zero-order valence-electron chi connectivity index (χ0n) is 19.9. The minimum Gasteiger partial charge on any atom is -0.481 e. The lowest BCUT2D eigenvalue weighted by Crippen LogP contribution is -2.53. The molecule has 4 rings (SSSR count). The Morgan fingerprint density at radius 3 is 2.24 bits per heavy atom. The van der Waals surface area contributed by atoms with Gasteiger partial charge >= 0.3 is 12.1 Å². The number of carbonyl (C=O) groups excluding carboxylic acids is 2. The summed E-state index contributed by atoms with van der Waals surface area (Å²) in [5.41, 5.74) is 3.76. The van der Waals surface area contributed by atoms with Crippen LogP contribution < -0.4 is 5.32 Å². The van der Waals surface area contributed by atoms with Crippen LogP contribution in [0.25, 0.3) is 11.1 Å². The van der Waals surface area contributed by atoms with E-state index in [9.17, 15) is 19.5 Å². The van der Waals surface area contributed by atoms with Crippen molar-refractivity contribution in [1.82, 2.24) is 10.2 Å². The van der Waals surface area contributed by atoms with Gasteiger partial charge in [0.25, 0.3) is 0 Å². The molecule has 2 atom stereocenters. The Morgan fingerprint density at radius 2 is 1.65 bits per heavy atom. The molecule has 1 aliphatic heterocycles. The number of amides is 2. The third-order valence-corrected chi connectivity index (χ3v) is 7.00. The third kappa shape index (κ3) is 4.79. The number of carbonyl (C=O) groups is 3. The Bertz CT molecular complexity index is 1050. The van der Waals surface area contributed by atoms with E-state index in [-0.39, 0.29) is 30.9 Å². The molecule has 1 aliphatic carbocycles. The number of hydrogen-bond acceptors (Lipinski definition) is 4. The monoisotopic (exact) mass is 464 g/mol. The highest BCUT2D eigenvalue weighted by Gasteiger charge is 2.37. The summed E-state index contributed by atoms with van der Waals surface area (Å²) in [5, 5.41) is 12.2. The molecule has 0 spiro atoms. The Morgan fingerprint density at radius 1 is 1.06 bits per heavy atom. The first-order valence-electron chi connectivity index (χ1n) is 11.8. The number of ether oxygens (including phenoxy) is 1. The van der Waals surface area contributed by atoms with E-state index in [0.717, 1.165) is 22.3 Å². The van der Waals surface area contributed by atoms with Gasteiger partial charge in [-0.25, -0.2) is 4.79 Å². The second-order valence-corrected chi connectivity index (χ2v) is 9.93. The Hall–Kier alpha value is -3.35. The van der Waals surface area contributed by atoms with Crippen LogP contribution in [0.3, 0.4) is 0 Å². The third-order valence-electron chi connectivity index (χ3n) is 7.00. The van der Waals surface area contributed by atoms with Crippen LogP contribution in [0, 0.1) is 5.92 Å². The maximum Gasteiger partial charge on any atom is 0.407 e. The standard InChI is InChI=1S/C27H32N2O5/c1-17-18(25(31)32)13-8-14-29(17)24(30)15-27(2,3)28-26(33)34-16-23-21-11-6-4-9-19(21)20-10-5-7-12-22(20)23/h4-7,9-12,17-18,23H,8,13-16H2,1-3H3,(H,28,33)(H,31,32). The highest BCUT2D eigenvalue weighted by atomic mass is 16.5. The normalized spacial score (nSPS) is 19.8. The maximum atomic E-state index is 13.0. The second-order valence-electron chi connectivity index (χ2n) is 9.93. The fraction of sp³-hybridized carbons (Fsp3) is 0.444. The molecule has 0 saturated carbocycles. The number of hydrogen-bond donors (Lipinski definition) is 2. The van der Waals surface area contributed by atoms with Gasteiger partial charge < -0.3 is 20.1 Å². The topological polar surface area (TPSA) is 95.9 Å². The zero-order chi connectivity index (χ0) is 24.5. The van der Waals surface area contributed by atoms with Gasteiger partial charge in [0.2, 0.25) is 5.91 Å². The first-order chi connectivity index (χ1) is 16.2. The molecule has 0 aromatic heterocycles. The van der Waals surface area contributed by atoms with Gasteiger partial charge in [-0.05, 0) is 55.9 Å². The van der Waals surface area contributed by atoms with Crippen LogP contribution in [0.4, 0.5) is 4.79 Å². The summed E-state index contributed by atoms with van der Waals surface area (Å²) in [7, 11) is 0. The molecule has 0 bridgehead atoms. The summed E-state index contributed by atoms with van der Waals surface area (Å²) < 4.78 is 5.62. The van der Waals surface area contributed by atoms with Crippen molar-refractivity contribution in [3.8, 4) is 11.1 Å². The van der Waals surface area contributed by atoms with Crippen LogP contribution in [0.5, 0.6) is 0 Å². The van der Waals surface area contributed by atoms with Crippen molar-refractivity contribution in [2.45, 2.75) is 57.5 Å². The SMILES string of the molecule is CC1C(C(=O)O)CCCN1C(=O)CC(C)(C)NC(=O)OCC1c2ccccc2-c2ccccc21. The molecule has 2 aliphatic rings. The van der Waals surface area contributed by atoms with E-state index < -0.39 is 23.5 Å². The highest BCUT2D eigenvalue weighted by Crippen LogP contribution is 2.44. The summed E-state index contributed by atoms with van der Waals surface area (Å²) in [5.74, 6) is -1.63. The van der Waals surface area contributed by atoms with E-state index in [4.69, 9.17) is 4.74 Å². The van der Waals surface area contributed by atoms with Gasteiger partial charge in [-0.3, -0.25) is 9.59 Å². The lowest BCUT2D eigenvalue weighted by atomic mass is 9.89. The summed E-state index contributed by atoms with van der Waals surface area (Å²) >= 11 is 0. The molecule has 2 N–H and O–H groups in total. The predicted molar refractivity (Wildman–Crippen MR) is 128 cm³/mol. The molecular formula is C27H32N2O5. The number of piperidine rings is 1. The quantitative estimate of drug-likeness (QED) is 0.660. The molecule has 1 saturated heterocycles. The van der Waals surface area contributed by atoms with Crippen LogP contribution in [0.2, 0.25) is 0 Å². The molecule has 1 heterocycles. The fourth-order valence-corrected chi connectivity index (χ4v) is 5.26. The van der Waals surface area contributed by atoms with Crippen molar-refractivity contribution >= 4 is 18.0 Å². The number of alkyl carbamates (subject to hydrolysis) is 1. The number of likely N-dealkylation sites (tertiary alicyclic amines) is 1. The molecular weight excluding hydrogens is 432 g/mol. The van der Waals surface area contributed by atoms with Gasteiger partial charge in [0.05, 0.1) is 5.92 Å². The summed E-state index contributed by atoms with van der Waals surface area (Å²) in [6, 6.07) is 15.9. The minimum atomic E-state index is -0.874. The lowest BCUT2D eigenvalue weighted by Gasteiger charge is -2.39. The van der Waals surface area contributed by atoms with Gasteiger partial charge in [-0.2, -0.15) is 0 Å². The van der Waals surface area contributed by atoms with Gasteiger partial charge in [0.15, 0.2) is 0 Å². The van der Waals surface area contributed by atoms with Crippen molar-refractivity contribution in [1.29, 1.82) is 0 Å². The molecule has 2 aromatic carbocycles. The molecule has 2 amide bonds. The van der Waals surface area contributed by atoms with Crippen molar-refractivity contribution in [2.75, 3.05) is 13.2 Å². The number of nitrogens with one attached hydrogen (secondary N) is 1. The van der Waals surface area contributed by atoms with E-state index in [2.05, 4.69) is 29.6 Å². The van der Waals surface area contributed by atoms with Crippen molar-refractivity contribution in [3.63, 3.8) is 0 Å². The molecule has 34 heavy (non-hydrogen) atoms. The van der Waals surface area contributed by atoms with Crippen LogP contribution in [-0.4, -0.2) is 52.7 Å². The molecule has 7 nitrogen and oxygen atoms in total. The van der Waals surface area contributed by atoms with Gasteiger partial charge in [-0.1, -0.05) is 48.5 Å². The van der Waals surface area contributed by atoms with Crippen molar-refractivity contribution < 1.29 is 24.2 Å². The number of carboxylic acids is 1. The minimum absolute atomic E-state index is 0.0370. The predicted octanol–water partition coefficient (Wildman–Crippen LogP) is 4.41. The van der Waals surface area contributed by atoms with E-state index in [1.165, 1.54) is 0 Å². The van der Waals surface area contributed by atoms with Crippen LogP contribution in [0.15, 0.2) is 48.5 Å². The number of aliphatic carboxylic acids is 1. The summed E-state index contributed by atoms with van der Waals surface area (Å²) in [4.78, 5) is 38.7.